The highest BCUT2D eigenvalue weighted by Gasteiger charge is 2.32. The zero-order valence-electron chi connectivity index (χ0n) is 13.9. The molecular formula is C17H25N3O2. The van der Waals surface area contributed by atoms with E-state index in [1.54, 1.807) is 14.2 Å². The molecule has 5 nitrogen and oxygen atoms in total. The third-order valence-corrected chi connectivity index (χ3v) is 4.39. The monoisotopic (exact) mass is 303 g/mol. The number of ether oxygens (including phenoxy) is 2. The Labute approximate surface area is 133 Å². The lowest BCUT2D eigenvalue weighted by Crippen LogP contribution is -2.52. The molecule has 0 N–H and O–H groups in total. The summed E-state index contributed by atoms with van der Waals surface area (Å²) in [6, 6.07) is 8.23. The summed E-state index contributed by atoms with van der Waals surface area (Å²) in [5, 5.41) is 9.77. The molecule has 0 radical (unpaired) electrons. The maximum Gasteiger partial charge on any atom is 0.128 e. The van der Waals surface area contributed by atoms with Gasteiger partial charge in [-0.15, -0.1) is 0 Å². The Balaban J connectivity index is 2.33. The minimum atomic E-state index is -0.292. The molecule has 2 rings (SSSR count). The van der Waals surface area contributed by atoms with E-state index in [1.165, 1.54) is 0 Å². The average molecular weight is 303 g/mol. The van der Waals surface area contributed by atoms with Crippen LogP contribution < -0.4 is 9.47 Å². The summed E-state index contributed by atoms with van der Waals surface area (Å²) in [5.41, 5.74) is 0.911. The highest BCUT2D eigenvalue weighted by molar-refractivity contribution is 5.44. The molecule has 2 atom stereocenters. The first-order valence-corrected chi connectivity index (χ1v) is 7.70. The summed E-state index contributed by atoms with van der Waals surface area (Å²) >= 11 is 0. The lowest BCUT2D eigenvalue weighted by atomic mass is 10.00. The summed E-state index contributed by atoms with van der Waals surface area (Å²) in [4.78, 5) is 4.62. The summed E-state index contributed by atoms with van der Waals surface area (Å²) in [6.45, 7) is 5.04. The standard InChI is InChI=1S/C17H25N3O2/c1-5-13-12-19(2)8-9-20(13)16(11-18)15-7-6-14(21-3)10-17(15)22-4/h6-7,10,13,16H,5,8-9,12H2,1-4H3. The SMILES string of the molecule is CCC1CN(C)CCN1C(C#N)c1ccc(OC)cc1OC. The number of methoxy groups -OCH3 is 2. The maximum absolute atomic E-state index is 9.77. The molecule has 1 aromatic rings. The van der Waals surface area contributed by atoms with Crippen LogP contribution in [0.4, 0.5) is 0 Å². The Morgan fingerprint density at radius 1 is 1.32 bits per heavy atom. The highest BCUT2D eigenvalue weighted by Crippen LogP contribution is 2.34. The van der Waals surface area contributed by atoms with Crippen LogP contribution >= 0.6 is 0 Å². The maximum atomic E-state index is 9.77. The topological polar surface area (TPSA) is 48.7 Å². The predicted octanol–water partition coefficient (Wildman–Crippen LogP) is 2.29. The van der Waals surface area contributed by atoms with E-state index >= 15 is 0 Å². The largest absolute Gasteiger partial charge is 0.497 e. The second-order valence-electron chi connectivity index (χ2n) is 5.70. The van der Waals surface area contributed by atoms with Crippen molar-refractivity contribution in [1.82, 2.24) is 9.80 Å². The first-order valence-electron chi connectivity index (χ1n) is 7.70. The fourth-order valence-corrected chi connectivity index (χ4v) is 3.09. The smallest absolute Gasteiger partial charge is 0.128 e. The van der Waals surface area contributed by atoms with Crippen molar-refractivity contribution in [2.24, 2.45) is 0 Å². The van der Waals surface area contributed by atoms with Gasteiger partial charge in [-0.05, 0) is 25.6 Å². The zero-order chi connectivity index (χ0) is 16.1. The van der Waals surface area contributed by atoms with Crippen LogP contribution in [0.1, 0.15) is 24.9 Å². The Morgan fingerprint density at radius 2 is 2.09 bits per heavy atom. The van der Waals surface area contributed by atoms with Crippen molar-refractivity contribution in [3.05, 3.63) is 23.8 Å². The molecule has 0 aromatic heterocycles. The van der Waals surface area contributed by atoms with E-state index in [2.05, 4.69) is 29.8 Å². The van der Waals surface area contributed by atoms with Crippen molar-refractivity contribution >= 4 is 0 Å². The third-order valence-electron chi connectivity index (χ3n) is 4.39. The van der Waals surface area contributed by atoms with Gasteiger partial charge in [-0.1, -0.05) is 6.92 Å². The molecule has 0 amide bonds. The van der Waals surface area contributed by atoms with Crippen LogP contribution in [0.3, 0.4) is 0 Å². The van der Waals surface area contributed by atoms with Crippen LogP contribution in [0, 0.1) is 11.3 Å². The summed E-state index contributed by atoms with van der Waals surface area (Å²) in [6.07, 6.45) is 1.03. The Morgan fingerprint density at radius 3 is 2.68 bits per heavy atom. The zero-order valence-corrected chi connectivity index (χ0v) is 13.9. The number of nitriles is 1. The molecule has 5 heteroatoms. The molecule has 1 aliphatic heterocycles. The molecule has 0 aliphatic carbocycles. The van der Waals surface area contributed by atoms with Gasteiger partial charge in [-0.2, -0.15) is 5.26 Å². The molecule has 0 saturated carbocycles. The van der Waals surface area contributed by atoms with E-state index in [4.69, 9.17) is 9.47 Å². The van der Waals surface area contributed by atoms with Gasteiger partial charge in [0.05, 0.1) is 20.3 Å². The van der Waals surface area contributed by atoms with Crippen molar-refractivity contribution in [2.75, 3.05) is 40.9 Å². The fraction of sp³-hybridized carbons (Fsp3) is 0.588. The van der Waals surface area contributed by atoms with E-state index in [-0.39, 0.29) is 6.04 Å². The summed E-state index contributed by atoms with van der Waals surface area (Å²) in [5.74, 6) is 1.45. The van der Waals surface area contributed by atoms with E-state index < -0.39 is 0 Å². The van der Waals surface area contributed by atoms with Gasteiger partial charge in [0.2, 0.25) is 0 Å². The van der Waals surface area contributed by atoms with Gasteiger partial charge >= 0.3 is 0 Å². The van der Waals surface area contributed by atoms with Crippen LogP contribution in [0.25, 0.3) is 0 Å². The second-order valence-corrected chi connectivity index (χ2v) is 5.70. The van der Waals surface area contributed by atoms with E-state index in [0.717, 1.165) is 37.4 Å². The molecule has 120 valence electrons. The van der Waals surface area contributed by atoms with Gasteiger partial charge in [0.1, 0.15) is 17.5 Å². The first kappa shape index (κ1) is 16.6. The fourth-order valence-electron chi connectivity index (χ4n) is 3.09. The molecule has 0 spiro atoms. The minimum Gasteiger partial charge on any atom is -0.497 e. The van der Waals surface area contributed by atoms with Gasteiger partial charge in [-0.25, -0.2) is 0 Å². The number of benzene rings is 1. The first-order chi connectivity index (χ1) is 10.6. The number of likely N-dealkylation sites (N-methyl/N-ethyl adjacent to an activating group) is 1. The molecule has 1 aliphatic rings. The van der Waals surface area contributed by atoms with E-state index in [0.29, 0.717) is 11.8 Å². The lowest BCUT2D eigenvalue weighted by molar-refractivity contribution is 0.0668. The Bertz CT molecular complexity index is 541. The number of hydrogen-bond donors (Lipinski definition) is 0. The Hall–Kier alpha value is -1.77. The van der Waals surface area contributed by atoms with Crippen molar-refractivity contribution in [3.8, 4) is 17.6 Å². The molecule has 1 aromatic carbocycles. The van der Waals surface area contributed by atoms with E-state index in [1.807, 2.05) is 18.2 Å². The molecular weight excluding hydrogens is 278 g/mol. The number of piperazine rings is 1. The van der Waals surface area contributed by atoms with Crippen LogP contribution in [-0.2, 0) is 0 Å². The Kier molecular flexibility index (Phi) is 5.64. The van der Waals surface area contributed by atoms with Gasteiger partial charge in [0.15, 0.2) is 0 Å². The molecule has 22 heavy (non-hydrogen) atoms. The van der Waals surface area contributed by atoms with Crippen LogP contribution in [0.2, 0.25) is 0 Å². The predicted molar refractivity (Wildman–Crippen MR) is 86.2 cm³/mol. The second kappa shape index (κ2) is 7.48. The van der Waals surface area contributed by atoms with Gasteiger partial charge < -0.3 is 14.4 Å². The van der Waals surface area contributed by atoms with Crippen molar-refractivity contribution < 1.29 is 9.47 Å². The van der Waals surface area contributed by atoms with Crippen molar-refractivity contribution in [1.29, 1.82) is 5.26 Å². The molecule has 1 heterocycles. The van der Waals surface area contributed by atoms with Crippen LogP contribution in [0.5, 0.6) is 11.5 Å². The number of hydrogen-bond acceptors (Lipinski definition) is 5. The van der Waals surface area contributed by atoms with Gasteiger partial charge in [0, 0.05) is 37.3 Å². The molecule has 0 bridgehead atoms. The number of rotatable bonds is 5. The van der Waals surface area contributed by atoms with E-state index in [9.17, 15) is 5.26 Å². The van der Waals surface area contributed by atoms with Crippen LogP contribution in [-0.4, -0.2) is 56.7 Å². The third kappa shape index (κ3) is 3.34. The number of nitrogens with zero attached hydrogens (tertiary/aromatic N) is 3. The summed E-state index contributed by atoms with van der Waals surface area (Å²) < 4.78 is 10.7. The highest BCUT2D eigenvalue weighted by atomic mass is 16.5. The minimum absolute atomic E-state index is 0.292. The average Bonchev–Trinajstić information content (AvgIpc) is 2.56. The van der Waals surface area contributed by atoms with Crippen LogP contribution in [0.15, 0.2) is 18.2 Å². The lowest BCUT2D eigenvalue weighted by Gasteiger charge is -2.42. The normalized spacial score (nSPS) is 21.1. The summed E-state index contributed by atoms with van der Waals surface area (Å²) in [7, 11) is 5.40. The van der Waals surface area contributed by atoms with Crippen molar-refractivity contribution in [3.63, 3.8) is 0 Å². The van der Waals surface area contributed by atoms with Crippen molar-refractivity contribution in [2.45, 2.75) is 25.4 Å². The molecule has 2 unspecified atom stereocenters. The van der Waals surface area contributed by atoms with Gasteiger partial charge in [-0.3, -0.25) is 4.90 Å². The molecule has 1 fully saturated rings. The van der Waals surface area contributed by atoms with Gasteiger partial charge in [0.25, 0.3) is 0 Å². The quantitative estimate of drug-likeness (QED) is 0.835. The molecule has 1 saturated heterocycles.